The van der Waals surface area contributed by atoms with E-state index in [0.717, 1.165) is 6.26 Å². The molecular formula is C12H10N2O4. The Balaban J connectivity index is 2.32. The van der Waals surface area contributed by atoms with E-state index in [2.05, 4.69) is 14.7 Å². The molecule has 2 heterocycles. The van der Waals surface area contributed by atoms with Crippen LogP contribution in [0.1, 0.15) is 33.3 Å². The van der Waals surface area contributed by atoms with E-state index < -0.39 is 5.97 Å². The third-order valence-corrected chi connectivity index (χ3v) is 2.21. The third-order valence-electron chi connectivity index (χ3n) is 2.21. The quantitative estimate of drug-likeness (QED) is 0.600. The maximum Gasteiger partial charge on any atom is 0.361 e. The number of pyridine rings is 1. The fraction of sp³-hybridized carbons (Fsp3) is 0.167. The van der Waals surface area contributed by atoms with Crippen LogP contribution in [0.5, 0.6) is 0 Å². The van der Waals surface area contributed by atoms with Gasteiger partial charge in [-0.15, -0.1) is 0 Å². The minimum Gasteiger partial charge on any atom is -0.461 e. The standard InChI is InChI=1S/C12H10N2O4/c1-2-17-12(16)10-9(7-18-14-10)11(15)8-4-3-5-13-6-8/h3-7H,2H2,1H3. The minimum absolute atomic E-state index is 0.0708. The molecule has 0 fully saturated rings. The molecule has 0 aliphatic heterocycles. The molecule has 0 saturated carbocycles. The Labute approximate surface area is 103 Å². The van der Waals surface area contributed by atoms with E-state index in [1.807, 2.05) is 0 Å². The van der Waals surface area contributed by atoms with Gasteiger partial charge in [0.1, 0.15) is 6.26 Å². The molecule has 2 rings (SSSR count). The van der Waals surface area contributed by atoms with Crippen molar-refractivity contribution in [1.29, 1.82) is 0 Å². The van der Waals surface area contributed by atoms with Gasteiger partial charge in [0.05, 0.1) is 12.2 Å². The molecule has 0 atom stereocenters. The summed E-state index contributed by atoms with van der Waals surface area (Å²) in [7, 11) is 0. The fourth-order valence-corrected chi connectivity index (χ4v) is 1.40. The van der Waals surface area contributed by atoms with Crippen molar-refractivity contribution in [3.63, 3.8) is 0 Å². The second-order valence-corrected chi connectivity index (χ2v) is 3.37. The molecule has 2 aromatic heterocycles. The van der Waals surface area contributed by atoms with Gasteiger partial charge in [-0.25, -0.2) is 4.79 Å². The van der Waals surface area contributed by atoms with Crippen LogP contribution in [0.3, 0.4) is 0 Å². The Hall–Kier alpha value is -2.50. The van der Waals surface area contributed by atoms with E-state index in [-0.39, 0.29) is 23.6 Å². The largest absolute Gasteiger partial charge is 0.461 e. The molecule has 6 heteroatoms. The highest BCUT2D eigenvalue weighted by molar-refractivity contribution is 6.13. The highest BCUT2D eigenvalue weighted by Crippen LogP contribution is 2.14. The summed E-state index contributed by atoms with van der Waals surface area (Å²) in [5.41, 5.74) is 0.304. The zero-order valence-electron chi connectivity index (χ0n) is 9.62. The molecule has 0 bridgehead atoms. The van der Waals surface area contributed by atoms with E-state index in [1.165, 1.54) is 6.20 Å². The highest BCUT2D eigenvalue weighted by atomic mass is 16.5. The average molecular weight is 246 g/mol. The van der Waals surface area contributed by atoms with Gasteiger partial charge in [0.25, 0.3) is 0 Å². The monoisotopic (exact) mass is 246 g/mol. The number of aromatic nitrogens is 2. The van der Waals surface area contributed by atoms with E-state index in [0.29, 0.717) is 5.56 Å². The van der Waals surface area contributed by atoms with Crippen molar-refractivity contribution in [2.75, 3.05) is 6.61 Å². The normalized spacial score (nSPS) is 10.1. The van der Waals surface area contributed by atoms with Crippen LogP contribution in [0.25, 0.3) is 0 Å². The Morgan fingerprint density at radius 3 is 2.94 bits per heavy atom. The minimum atomic E-state index is -0.682. The van der Waals surface area contributed by atoms with Gasteiger partial charge in [-0.05, 0) is 19.1 Å². The summed E-state index contributed by atoms with van der Waals surface area (Å²) in [4.78, 5) is 27.5. The Morgan fingerprint density at radius 2 is 2.28 bits per heavy atom. The predicted molar refractivity (Wildman–Crippen MR) is 60.1 cm³/mol. The maximum absolute atomic E-state index is 12.1. The molecule has 0 amide bonds. The molecule has 0 saturated heterocycles. The average Bonchev–Trinajstić information content (AvgIpc) is 2.88. The summed E-state index contributed by atoms with van der Waals surface area (Å²) in [6.07, 6.45) is 4.09. The van der Waals surface area contributed by atoms with Crippen LogP contribution in [0, 0.1) is 0 Å². The second-order valence-electron chi connectivity index (χ2n) is 3.37. The molecule has 2 aromatic rings. The van der Waals surface area contributed by atoms with Gasteiger partial charge in [0.2, 0.25) is 5.69 Å². The lowest BCUT2D eigenvalue weighted by Crippen LogP contribution is -2.11. The summed E-state index contributed by atoms with van der Waals surface area (Å²) in [6, 6.07) is 3.22. The van der Waals surface area contributed by atoms with Gasteiger partial charge in [-0.3, -0.25) is 9.78 Å². The number of rotatable bonds is 4. The van der Waals surface area contributed by atoms with Crippen molar-refractivity contribution in [2.24, 2.45) is 0 Å². The smallest absolute Gasteiger partial charge is 0.361 e. The molecule has 18 heavy (non-hydrogen) atoms. The van der Waals surface area contributed by atoms with Crippen molar-refractivity contribution in [1.82, 2.24) is 10.1 Å². The molecule has 0 aliphatic carbocycles. The SMILES string of the molecule is CCOC(=O)c1nocc1C(=O)c1cccnc1. The molecular weight excluding hydrogens is 236 g/mol. The lowest BCUT2D eigenvalue weighted by Gasteiger charge is -2.00. The van der Waals surface area contributed by atoms with Gasteiger partial charge in [-0.1, -0.05) is 5.16 Å². The van der Waals surface area contributed by atoms with E-state index in [1.54, 1.807) is 25.3 Å². The molecule has 0 unspecified atom stereocenters. The summed E-state index contributed by atoms with van der Waals surface area (Å²) < 4.78 is 9.45. The first kappa shape index (κ1) is 12.0. The van der Waals surface area contributed by atoms with Gasteiger partial charge < -0.3 is 9.26 Å². The molecule has 92 valence electrons. The van der Waals surface area contributed by atoms with Crippen LogP contribution >= 0.6 is 0 Å². The zero-order valence-corrected chi connectivity index (χ0v) is 9.62. The summed E-state index contributed by atoms with van der Waals surface area (Å²) in [6.45, 7) is 1.87. The second kappa shape index (κ2) is 5.22. The predicted octanol–water partition coefficient (Wildman–Crippen LogP) is 1.48. The van der Waals surface area contributed by atoms with Gasteiger partial charge >= 0.3 is 5.97 Å². The van der Waals surface area contributed by atoms with Crippen LogP contribution in [-0.2, 0) is 4.74 Å². The lowest BCUT2D eigenvalue weighted by molar-refractivity contribution is 0.0512. The number of esters is 1. The Bertz CT molecular complexity index is 562. The van der Waals surface area contributed by atoms with Crippen molar-refractivity contribution >= 4 is 11.8 Å². The van der Waals surface area contributed by atoms with Crippen LogP contribution in [0.4, 0.5) is 0 Å². The number of carbonyl (C=O) groups excluding carboxylic acids is 2. The van der Waals surface area contributed by atoms with Crippen LogP contribution in [0.2, 0.25) is 0 Å². The summed E-state index contributed by atoms with van der Waals surface area (Å²) >= 11 is 0. The van der Waals surface area contributed by atoms with Crippen LogP contribution < -0.4 is 0 Å². The van der Waals surface area contributed by atoms with Crippen molar-refractivity contribution in [3.8, 4) is 0 Å². The van der Waals surface area contributed by atoms with E-state index in [4.69, 9.17) is 4.74 Å². The number of hydrogen-bond donors (Lipinski definition) is 0. The number of nitrogens with zero attached hydrogens (tertiary/aromatic N) is 2. The maximum atomic E-state index is 12.1. The molecule has 6 nitrogen and oxygen atoms in total. The van der Waals surface area contributed by atoms with Crippen molar-refractivity contribution in [3.05, 3.63) is 47.6 Å². The number of ether oxygens (including phenoxy) is 1. The number of carbonyl (C=O) groups is 2. The highest BCUT2D eigenvalue weighted by Gasteiger charge is 2.23. The molecule has 0 aromatic carbocycles. The summed E-state index contributed by atoms with van der Waals surface area (Å²) in [5, 5.41) is 3.49. The lowest BCUT2D eigenvalue weighted by atomic mass is 10.1. The van der Waals surface area contributed by atoms with Gasteiger partial charge in [0, 0.05) is 18.0 Å². The summed E-state index contributed by atoms with van der Waals surface area (Å²) in [5.74, 6) is -1.06. The first-order chi connectivity index (χ1) is 8.74. The topological polar surface area (TPSA) is 82.3 Å². The number of ketones is 1. The van der Waals surface area contributed by atoms with E-state index in [9.17, 15) is 9.59 Å². The Morgan fingerprint density at radius 1 is 1.44 bits per heavy atom. The van der Waals surface area contributed by atoms with Crippen molar-refractivity contribution < 1.29 is 18.8 Å². The third kappa shape index (κ3) is 2.27. The van der Waals surface area contributed by atoms with Crippen molar-refractivity contribution in [2.45, 2.75) is 6.92 Å². The Kier molecular flexibility index (Phi) is 3.47. The molecule has 0 radical (unpaired) electrons. The molecule has 0 aliphatic rings. The molecule has 0 N–H and O–H groups in total. The molecule has 0 spiro atoms. The van der Waals surface area contributed by atoms with Crippen LogP contribution in [0.15, 0.2) is 35.3 Å². The first-order valence-corrected chi connectivity index (χ1v) is 5.30. The van der Waals surface area contributed by atoms with Crippen LogP contribution in [-0.4, -0.2) is 28.5 Å². The van der Waals surface area contributed by atoms with Gasteiger partial charge in [0.15, 0.2) is 5.78 Å². The fourth-order valence-electron chi connectivity index (χ4n) is 1.40. The first-order valence-electron chi connectivity index (χ1n) is 5.30. The number of hydrogen-bond acceptors (Lipinski definition) is 6. The van der Waals surface area contributed by atoms with Gasteiger partial charge in [-0.2, -0.15) is 0 Å². The van der Waals surface area contributed by atoms with E-state index >= 15 is 0 Å². The zero-order chi connectivity index (χ0) is 13.0.